The lowest BCUT2D eigenvalue weighted by molar-refractivity contribution is 0.299. The molecule has 5 rings (SSSR count). The van der Waals surface area contributed by atoms with Gasteiger partial charge in [-0.1, -0.05) is 84.9 Å². The van der Waals surface area contributed by atoms with Crippen molar-refractivity contribution >= 4 is 0 Å². The molecule has 0 aliphatic heterocycles. The minimum Gasteiger partial charge on any atom is -0.396 e. The molecule has 0 unspecified atom stereocenters. The molecule has 0 amide bonds. The summed E-state index contributed by atoms with van der Waals surface area (Å²) in [6.45, 7) is 0.336. The van der Waals surface area contributed by atoms with E-state index >= 15 is 0 Å². The Bertz CT molecular complexity index is 1200. The molecule has 0 fully saturated rings. The third-order valence-corrected chi connectivity index (χ3v) is 6.30. The van der Waals surface area contributed by atoms with Crippen LogP contribution in [0.25, 0.3) is 33.4 Å². The summed E-state index contributed by atoms with van der Waals surface area (Å²) in [4.78, 5) is 0. The van der Waals surface area contributed by atoms with Crippen molar-refractivity contribution in [3.05, 3.63) is 107 Å². The zero-order chi connectivity index (χ0) is 21.2. The number of hydrogen-bond acceptors (Lipinski definition) is 2. The van der Waals surface area contributed by atoms with Crippen molar-refractivity contribution in [2.45, 2.75) is 19.3 Å². The van der Waals surface area contributed by atoms with Crippen molar-refractivity contribution in [1.29, 1.82) is 0 Å². The Labute approximate surface area is 183 Å². The molecule has 2 N–H and O–H groups in total. The average molecular weight is 407 g/mol. The minimum absolute atomic E-state index is 0.167. The van der Waals surface area contributed by atoms with Crippen molar-refractivity contribution in [2.75, 3.05) is 13.2 Å². The number of aliphatic hydroxyl groups excluding tert-OH is 2. The highest BCUT2D eigenvalue weighted by Crippen LogP contribution is 2.45. The summed E-state index contributed by atoms with van der Waals surface area (Å²) in [5.41, 5.74) is 12.6. The number of fused-ring (bicyclic) bond motifs is 3. The van der Waals surface area contributed by atoms with Gasteiger partial charge in [-0.3, -0.25) is 0 Å². The predicted octanol–water partition coefficient (Wildman–Crippen LogP) is 5.66. The van der Waals surface area contributed by atoms with Gasteiger partial charge in [-0.2, -0.15) is 0 Å². The Morgan fingerprint density at radius 1 is 0.548 bits per heavy atom. The molecule has 2 nitrogen and oxygen atoms in total. The van der Waals surface area contributed by atoms with Gasteiger partial charge in [0.2, 0.25) is 0 Å². The second-order valence-corrected chi connectivity index (χ2v) is 8.19. The molecule has 0 bridgehead atoms. The van der Waals surface area contributed by atoms with Crippen LogP contribution < -0.4 is 0 Å². The van der Waals surface area contributed by atoms with Crippen LogP contribution in [0.2, 0.25) is 0 Å². The SMILES string of the molecule is OCCc1ccc(-c2ccc3c(c2-c2ccc(CCO)cc2)Cc2ccccc2-3)cc1. The topological polar surface area (TPSA) is 40.5 Å². The maximum Gasteiger partial charge on any atom is 0.0471 e. The number of rotatable bonds is 6. The van der Waals surface area contributed by atoms with Gasteiger partial charge in [0.05, 0.1) is 0 Å². The van der Waals surface area contributed by atoms with E-state index in [2.05, 4.69) is 84.9 Å². The largest absolute Gasteiger partial charge is 0.396 e. The van der Waals surface area contributed by atoms with Gasteiger partial charge in [-0.15, -0.1) is 0 Å². The van der Waals surface area contributed by atoms with E-state index < -0.39 is 0 Å². The summed E-state index contributed by atoms with van der Waals surface area (Å²) in [6, 6.07) is 30.4. The van der Waals surface area contributed by atoms with Crippen molar-refractivity contribution < 1.29 is 10.2 Å². The first-order valence-corrected chi connectivity index (χ1v) is 10.9. The van der Waals surface area contributed by atoms with E-state index in [0.29, 0.717) is 12.8 Å². The molecule has 1 aliphatic rings. The molecule has 0 heterocycles. The monoisotopic (exact) mass is 406 g/mol. The zero-order valence-corrected chi connectivity index (χ0v) is 17.5. The highest BCUT2D eigenvalue weighted by atomic mass is 16.3. The van der Waals surface area contributed by atoms with Crippen molar-refractivity contribution in [2.24, 2.45) is 0 Å². The molecule has 2 heteroatoms. The van der Waals surface area contributed by atoms with Crippen LogP contribution in [-0.2, 0) is 19.3 Å². The molecule has 0 spiro atoms. The first-order valence-electron chi connectivity index (χ1n) is 10.9. The van der Waals surface area contributed by atoms with Crippen LogP contribution in [0.3, 0.4) is 0 Å². The molecule has 0 radical (unpaired) electrons. The maximum absolute atomic E-state index is 9.27. The lowest BCUT2D eigenvalue weighted by atomic mass is 9.87. The first-order chi connectivity index (χ1) is 15.3. The summed E-state index contributed by atoms with van der Waals surface area (Å²) in [5, 5.41) is 18.5. The van der Waals surface area contributed by atoms with Crippen LogP contribution >= 0.6 is 0 Å². The Morgan fingerprint density at radius 2 is 1.13 bits per heavy atom. The molecule has 4 aromatic carbocycles. The molecule has 154 valence electrons. The molecule has 1 aliphatic carbocycles. The second kappa shape index (κ2) is 8.50. The van der Waals surface area contributed by atoms with Crippen LogP contribution in [-0.4, -0.2) is 23.4 Å². The summed E-state index contributed by atoms with van der Waals surface area (Å²) >= 11 is 0. The number of aliphatic hydroxyl groups is 2. The van der Waals surface area contributed by atoms with Crippen molar-refractivity contribution in [1.82, 2.24) is 0 Å². The average Bonchev–Trinajstić information content (AvgIpc) is 3.19. The van der Waals surface area contributed by atoms with Crippen molar-refractivity contribution in [3.63, 3.8) is 0 Å². The quantitative estimate of drug-likeness (QED) is 0.382. The van der Waals surface area contributed by atoms with Gasteiger partial charge in [0.25, 0.3) is 0 Å². The molecular weight excluding hydrogens is 380 g/mol. The van der Waals surface area contributed by atoms with Crippen LogP contribution in [0, 0.1) is 0 Å². The highest BCUT2D eigenvalue weighted by Gasteiger charge is 2.24. The highest BCUT2D eigenvalue weighted by molar-refractivity contribution is 5.93. The van der Waals surface area contributed by atoms with Crippen molar-refractivity contribution in [3.8, 4) is 33.4 Å². The zero-order valence-electron chi connectivity index (χ0n) is 17.5. The molecule has 4 aromatic rings. The fraction of sp³-hybridized carbons (Fsp3) is 0.172. The first kappa shape index (κ1) is 19.7. The minimum atomic E-state index is 0.167. The van der Waals surface area contributed by atoms with Gasteiger partial charge in [-0.05, 0) is 74.9 Å². The normalized spacial score (nSPS) is 11.9. The molecule has 0 aromatic heterocycles. The van der Waals surface area contributed by atoms with Gasteiger partial charge >= 0.3 is 0 Å². The van der Waals surface area contributed by atoms with Crippen LogP contribution in [0.5, 0.6) is 0 Å². The van der Waals surface area contributed by atoms with E-state index in [4.69, 9.17) is 0 Å². The number of benzene rings is 4. The Morgan fingerprint density at radius 3 is 1.77 bits per heavy atom. The second-order valence-electron chi connectivity index (χ2n) is 8.19. The standard InChI is InChI=1S/C29H26O2/c30-17-15-20-5-9-22(10-6-20)26-13-14-27-25-4-2-1-3-24(25)19-28(27)29(26)23-11-7-21(8-12-23)16-18-31/h1-14,30-31H,15-19H2. The summed E-state index contributed by atoms with van der Waals surface area (Å²) in [7, 11) is 0. The lowest BCUT2D eigenvalue weighted by Gasteiger charge is -2.17. The summed E-state index contributed by atoms with van der Waals surface area (Å²) in [5.74, 6) is 0. The Balaban J connectivity index is 1.67. The number of hydrogen-bond donors (Lipinski definition) is 2. The summed E-state index contributed by atoms with van der Waals surface area (Å²) in [6.07, 6.45) is 2.30. The van der Waals surface area contributed by atoms with Gasteiger partial charge in [0.15, 0.2) is 0 Å². The van der Waals surface area contributed by atoms with Crippen LogP contribution in [0.4, 0.5) is 0 Å². The third-order valence-electron chi connectivity index (χ3n) is 6.30. The fourth-order valence-electron chi connectivity index (χ4n) is 4.73. The van der Waals surface area contributed by atoms with E-state index in [0.717, 1.165) is 17.5 Å². The summed E-state index contributed by atoms with van der Waals surface area (Å²) < 4.78 is 0. The van der Waals surface area contributed by atoms with E-state index in [1.54, 1.807) is 0 Å². The third kappa shape index (κ3) is 3.69. The Kier molecular flexibility index (Phi) is 5.42. The fourth-order valence-corrected chi connectivity index (χ4v) is 4.73. The van der Waals surface area contributed by atoms with E-state index in [1.165, 1.54) is 44.5 Å². The van der Waals surface area contributed by atoms with Gasteiger partial charge in [-0.25, -0.2) is 0 Å². The maximum atomic E-state index is 9.27. The molecule has 0 saturated heterocycles. The molecule has 0 atom stereocenters. The molecule has 0 saturated carbocycles. The molecule has 31 heavy (non-hydrogen) atoms. The van der Waals surface area contributed by atoms with Crippen LogP contribution in [0.1, 0.15) is 22.3 Å². The van der Waals surface area contributed by atoms with Gasteiger partial charge in [0.1, 0.15) is 0 Å². The van der Waals surface area contributed by atoms with E-state index in [-0.39, 0.29) is 13.2 Å². The van der Waals surface area contributed by atoms with Gasteiger partial charge < -0.3 is 10.2 Å². The predicted molar refractivity (Wildman–Crippen MR) is 127 cm³/mol. The Hall–Kier alpha value is -3.20. The van der Waals surface area contributed by atoms with E-state index in [1.807, 2.05) is 0 Å². The molecular formula is C29H26O2. The lowest BCUT2D eigenvalue weighted by Crippen LogP contribution is -1.95. The van der Waals surface area contributed by atoms with Crippen LogP contribution in [0.15, 0.2) is 84.9 Å². The van der Waals surface area contributed by atoms with Gasteiger partial charge in [0, 0.05) is 13.2 Å². The smallest absolute Gasteiger partial charge is 0.0471 e. The van der Waals surface area contributed by atoms with E-state index in [9.17, 15) is 10.2 Å².